The van der Waals surface area contributed by atoms with Gasteiger partial charge in [0.05, 0.1) is 17.3 Å². The van der Waals surface area contributed by atoms with Gasteiger partial charge in [-0.1, -0.05) is 11.3 Å². The molecule has 23 heavy (non-hydrogen) atoms. The molecule has 4 N–H and O–H groups in total. The number of hydrogen-bond acceptors (Lipinski definition) is 9. The van der Waals surface area contributed by atoms with E-state index in [9.17, 15) is 13.2 Å². The van der Waals surface area contributed by atoms with Crippen LogP contribution in [0, 0.1) is 0 Å². The van der Waals surface area contributed by atoms with Crippen LogP contribution >= 0.6 is 11.3 Å². The number of furan rings is 1. The summed E-state index contributed by atoms with van der Waals surface area (Å²) in [5, 5.41) is -0.0443. The molecule has 3 aromatic heterocycles. The molecule has 120 valence electrons. The first-order chi connectivity index (χ1) is 10.8. The summed E-state index contributed by atoms with van der Waals surface area (Å²) in [6, 6.07) is 3.21. The molecule has 0 aliphatic heterocycles. The molecule has 0 unspecified atom stereocenters. The van der Waals surface area contributed by atoms with Crippen LogP contribution in [-0.2, 0) is 9.84 Å². The average Bonchev–Trinajstić information content (AvgIpc) is 3.06. The molecule has 1 amide bonds. The standard InChI is InChI=1S/C12H10N4O5S2/c1-23(18,19)12-15-8(5-3-2-4-20-5)6-7(13)10(21-11(14)17)22-9(6)16-12/h2-4H,13H2,1H3,(H2,14,17). The summed E-state index contributed by atoms with van der Waals surface area (Å²) in [4.78, 5) is 19.2. The molecule has 3 heterocycles. The Balaban J connectivity index is 2.37. The zero-order chi connectivity index (χ0) is 16.8. The number of carbonyl (C=O) groups excluding carboxylic acids is 1. The van der Waals surface area contributed by atoms with Gasteiger partial charge < -0.3 is 20.6 Å². The summed E-state index contributed by atoms with van der Waals surface area (Å²) in [6.07, 6.45) is 1.35. The molecule has 3 aromatic rings. The highest BCUT2D eigenvalue weighted by Gasteiger charge is 2.24. The van der Waals surface area contributed by atoms with Crippen molar-refractivity contribution in [2.24, 2.45) is 5.73 Å². The van der Waals surface area contributed by atoms with Crippen LogP contribution in [0.5, 0.6) is 5.06 Å². The Kier molecular flexibility index (Phi) is 3.45. The largest absolute Gasteiger partial charge is 0.463 e. The van der Waals surface area contributed by atoms with Gasteiger partial charge >= 0.3 is 6.09 Å². The van der Waals surface area contributed by atoms with E-state index in [2.05, 4.69) is 9.97 Å². The lowest BCUT2D eigenvalue weighted by molar-refractivity contribution is 0.212. The lowest BCUT2D eigenvalue weighted by Crippen LogP contribution is -2.16. The quantitative estimate of drug-likeness (QED) is 0.669. The zero-order valence-corrected chi connectivity index (χ0v) is 13.3. The molecule has 9 nitrogen and oxygen atoms in total. The normalized spacial score (nSPS) is 11.7. The van der Waals surface area contributed by atoms with Gasteiger partial charge in [-0.25, -0.2) is 23.2 Å². The number of anilines is 1. The lowest BCUT2D eigenvalue weighted by Gasteiger charge is -2.03. The van der Waals surface area contributed by atoms with Crippen LogP contribution in [0.4, 0.5) is 10.5 Å². The van der Waals surface area contributed by atoms with Gasteiger partial charge in [0.2, 0.25) is 20.1 Å². The van der Waals surface area contributed by atoms with Gasteiger partial charge in [0.25, 0.3) is 0 Å². The molecule has 0 saturated heterocycles. The number of aromatic nitrogens is 2. The highest BCUT2D eigenvalue weighted by molar-refractivity contribution is 7.90. The maximum Gasteiger partial charge on any atom is 0.410 e. The van der Waals surface area contributed by atoms with E-state index in [1.807, 2.05) is 0 Å². The Morgan fingerprint density at radius 3 is 2.70 bits per heavy atom. The van der Waals surface area contributed by atoms with Crippen LogP contribution in [0.1, 0.15) is 0 Å². The number of sulfone groups is 1. The van der Waals surface area contributed by atoms with Crippen molar-refractivity contribution in [2.75, 3.05) is 12.0 Å². The third-order valence-electron chi connectivity index (χ3n) is 2.81. The van der Waals surface area contributed by atoms with Crippen LogP contribution in [-0.4, -0.2) is 30.7 Å². The van der Waals surface area contributed by atoms with Crippen LogP contribution in [0.2, 0.25) is 0 Å². The van der Waals surface area contributed by atoms with Crippen molar-refractivity contribution in [1.29, 1.82) is 0 Å². The second-order valence-electron chi connectivity index (χ2n) is 4.51. The van der Waals surface area contributed by atoms with Crippen LogP contribution in [0.3, 0.4) is 0 Å². The van der Waals surface area contributed by atoms with Crippen molar-refractivity contribution in [3.63, 3.8) is 0 Å². The van der Waals surface area contributed by atoms with Crippen LogP contribution < -0.4 is 16.2 Å². The fourth-order valence-electron chi connectivity index (χ4n) is 1.91. The first-order valence-corrected chi connectivity index (χ1v) is 8.79. The molecule has 0 fully saturated rings. The average molecular weight is 354 g/mol. The number of amides is 1. The zero-order valence-electron chi connectivity index (χ0n) is 11.6. The number of nitrogen functional groups attached to an aromatic ring is 1. The van der Waals surface area contributed by atoms with Gasteiger partial charge in [-0.15, -0.1) is 0 Å². The van der Waals surface area contributed by atoms with E-state index in [0.29, 0.717) is 11.1 Å². The Labute approximate surface area is 133 Å². The number of rotatable bonds is 3. The summed E-state index contributed by atoms with van der Waals surface area (Å²) in [5.41, 5.74) is 11.2. The summed E-state index contributed by atoms with van der Waals surface area (Å²) >= 11 is 0.889. The fraction of sp³-hybridized carbons (Fsp3) is 0.0833. The Morgan fingerprint density at radius 2 is 2.13 bits per heavy atom. The molecule has 0 aromatic carbocycles. The molecule has 0 atom stereocenters. The first kappa shape index (κ1) is 15.2. The minimum Gasteiger partial charge on any atom is -0.463 e. The predicted octanol–water partition coefficient (Wildman–Crippen LogP) is 1.39. The second kappa shape index (κ2) is 5.21. The van der Waals surface area contributed by atoms with Crippen molar-refractivity contribution >= 4 is 43.2 Å². The van der Waals surface area contributed by atoms with E-state index in [1.165, 1.54) is 6.26 Å². The molecule has 0 radical (unpaired) electrons. The van der Waals surface area contributed by atoms with Crippen molar-refractivity contribution in [1.82, 2.24) is 9.97 Å². The number of fused-ring (bicyclic) bond motifs is 1. The van der Waals surface area contributed by atoms with Gasteiger partial charge in [-0.2, -0.15) is 0 Å². The van der Waals surface area contributed by atoms with E-state index in [0.717, 1.165) is 17.6 Å². The van der Waals surface area contributed by atoms with Gasteiger partial charge in [0.1, 0.15) is 10.5 Å². The number of hydrogen-bond donors (Lipinski definition) is 2. The van der Waals surface area contributed by atoms with Crippen molar-refractivity contribution in [3.05, 3.63) is 18.4 Å². The highest BCUT2D eigenvalue weighted by Crippen LogP contribution is 2.43. The maximum atomic E-state index is 11.8. The lowest BCUT2D eigenvalue weighted by atomic mass is 10.2. The third-order valence-corrected chi connectivity index (χ3v) is 4.64. The molecule has 0 saturated carbocycles. The molecular weight excluding hydrogens is 344 g/mol. The number of nitrogens with zero attached hydrogens (tertiary/aromatic N) is 2. The van der Waals surface area contributed by atoms with Gasteiger partial charge in [0.15, 0.2) is 5.76 Å². The number of nitrogens with two attached hydrogens (primary N) is 2. The Morgan fingerprint density at radius 1 is 1.39 bits per heavy atom. The highest BCUT2D eigenvalue weighted by atomic mass is 32.2. The van der Waals surface area contributed by atoms with Crippen LogP contribution in [0.15, 0.2) is 28.0 Å². The van der Waals surface area contributed by atoms with Gasteiger partial charge in [0, 0.05) is 6.26 Å². The second-order valence-corrected chi connectivity index (χ2v) is 7.38. The SMILES string of the molecule is CS(=O)(=O)c1nc(-c2ccco2)c2c(N)c(OC(N)=O)sc2n1. The van der Waals surface area contributed by atoms with E-state index >= 15 is 0 Å². The van der Waals surface area contributed by atoms with Gasteiger partial charge in [-0.3, -0.25) is 0 Å². The van der Waals surface area contributed by atoms with E-state index in [1.54, 1.807) is 12.1 Å². The number of carbonyl (C=O) groups is 1. The molecular formula is C12H10N4O5S2. The van der Waals surface area contributed by atoms with Gasteiger partial charge in [-0.05, 0) is 12.1 Å². The molecule has 3 rings (SSSR count). The fourth-order valence-corrected chi connectivity index (χ4v) is 3.43. The number of thiophene rings is 1. The monoisotopic (exact) mass is 354 g/mol. The summed E-state index contributed by atoms with van der Waals surface area (Å²) in [7, 11) is -3.66. The molecule has 0 bridgehead atoms. The van der Waals surface area contributed by atoms with Crippen molar-refractivity contribution < 1.29 is 22.4 Å². The number of primary amides is 1. The summed E-state index contributed by atoms with van der Waals surface area (Å²) < 4.78 is 33.6. The van der Waals surface area contributed by atoms with E-state index < -0.39 is 15.9 Å². The van der Waals surface area contributed by atoms with E-state index in [4.69, 9.17) is 20.6 Å². The molecule has 11 heteroatoms. The minimum atomic E-state index is -3.66. The maximum absolute atomic E-state index is 11.8. The third kappa shape index (κ3) is 2.71. The van der Waals surface area contributed by atoms with Crippen molar-refractivity contribution in [2.45, 2.75) is 5.16 Å². The summed E-state index contributed by atoms with van der Waals surface area (Å²) in [6.45, 7) is 0. The Bertz CT molecular complexity index is 1010. The smallest absolute Gasteiger partial charge is 0.410 e. The summed E-state index contributed by atoms with van der Waals surface area (Å²) in [5.74, 6) is 0.303. The minimum absolute atomic E-state index is 0.0141. The van der Waals surface area contributed by atoms with Crippen molar-refractivity contribution in [3.8, 4) is 16.5 Å². The van der Waals surface area contributed by atoms with Crippen LogP contribution in [0.25, 0.3) is 21.7 Å². The Hall–Kier alpha value is -2.66. The molecule has 0 spiro atoms. The topological polar surface area (TPSA) is 151 Å². The predicted molar refractivity (Wildman–Crippen MR) is 82.9 cm³/mol. The molecule has 0 aliphatic rings. The first-order valence-electron chi connectivity index (χ1n) is 6.08. The number of ether oxygens (including phenoxy) is 1. The van der Waals surface area contributed by atoms with E-state index in [-0.39, 0.29) is 26.4 Å². The molecule has 0 aliphatic carbocycles.